The van der Waals surface area contributed by atoms with Gasteiger partial charge in [0.15, 0.2) is 17.5 Å². The maximum atomic E-state index is 15.4. The number of hydrogen-bond acceptors (Lipinski definition) is 6. The van der Waals surface area contributed by atoms with Gasteiger partial charge in [0, 0.05) is 32.2 Å². The Kier molecular flexibility index (Phi) is 5.48. The molecular formula is C22H23F3N6O. The van der Waals surface area contributed by atoms with Crippen molar-refractivity contribution in [1.82, 2.24) is 19.7 Å². The zero-order valence-corrected chi connectivity index (χ0v) is 17.6. The van der Waals surface area contributed by atoms with Gasteiger partial charge in [-0.25, -0.2) is 17.9 Å². The van der Waals surface area contributed by atoms with Crippen molar-refractivity contribution in [2.24, 2.45) is 0 Å². The zero-order chi connectivity index (χ0) is 22.2. The van der Waals surface area contributed by atoms with Crippen LogP contribution >= 0.6 is 0 Å². The van der Waals surface area contributed by atoms with Crippen LogP contribution in [0.25, 0.3) is 5.69 Å². The van der Waals surface area contributed by atoms with E-state index < -0.39 is 11.6 Å². The van der Waals surface area contributed by atoms with Crippen molar-refractivity contribution >= 4 is 17.3 Å². The second kappa shape index (κ2) is 8.44. The van der Waals surface area contributed by atoms with Crippen LogP contribution in [0.5, 0.6) is 0 Å². The lowest BCUT2D eigenvalue weighted by Crippen LogP contribution is -2.56. The second-order valence-electron chi connectivity index (χ2n) is 8.10. The molecule has 0 saturated carbocycles. The average Bonchev–Trinajstić information content (AvgIpc) is 3.20. The number of aryl methyl sites for hydroxylation is 1. The monoisotopic (exact) mass is 444 g/mol. The van der Waals surface area contributed by atoms with Crippen LogP contribution in [-0.4, -0.2) is 65.1 Å². The van der Waals surface area contributed by atoms with Crippen LogP contribution in [0, 0.1) is 24.4 Å². The lowest BCUT2D eigenvalue weighted by Gasteiger charge is -2.43. The van der Waals surface area contributed by atoms with E-state index in [1.54, 1.807) is 6.07 Å². The molecule has 32 heavy (non-hydrogen) atoms. The van der Waals surface area contributed by atoms with Crippen LogP contribution in [0.1, 0.15) is 5.56 Å². The molecule has 0 unspecified atom stereocenters. The van der Waals surface area contributed by atoms with E-state index in [1.165, 1.54) is 17.1 Å². The Morgan fingerprint density at radius 2 is 1.78 bits per heavy atom. The molecule has 1 N–H and O–H groups in total. The Morgan fingerprint density at radius 3 is 2.47 bits per heavy atom. The highest BCUT2D eigenvalue weighted by molar-refractivity contribution is 5.65. The Morgan fingerprint density at radius 1 is 1.00 bits per heavy atom. The van der Waals surface area contributed by atoms with Gasteiger partial charge < -0.3 is 15.0 Å². The van der Waals surface area contributed by atoms with Crippen molar-refractivity contribution < 1.29 is 17.9 Å². The summed E-state index contributed by atoms with van der Waals surface area (Å²) in [6.07, 6.45) is 1.35. The maximum Gasteiger partial charge on any atom is 0.247 e. The third kappa shape index (κ3) is 4.03. The summed E-state index contributed by atoms with van der Waals surface area (Å²) in [6, 6.07) is 7.44. The first-order valence-electron chi connectivity index (χ1n) is 10.5. The van der Waals surface area contributed by atoms with Crippen LogP contribution in [0.4, 0.5) is 30.5 Å². The minimum atomic E-state index is -0.980. The summed E-state index contributed by atoms with van der Waals surface area (Å²) >= 11 is 0. The van der Waals surface area contributed by atoms with E-state index in [0.29, 0.717) is 17.4 Å². The number of piperazine rings is 1. The van der Waals surface area contributed by atoms with Crippen molar-refractivity contribution in [2.75, 3.05) is 49.6 Å². The minimum absolute atomic E-state index is 0.153. The first kappa shape index (κ1) is 20.8. The van der Waals surface area contributed by atoms with E-state index in [4.69, 9.17) is 4.74 Å². The molecule has 1 aromatic heterocycles. The third-order valence-electron chi connectivity index (χ3n) is 5.90. The number of aromatic nitrogens is 3. The highest BCUT2D eigenvalue weighted by Gasteiger charge is 2.30. The Hall–Kier alpha value is -3.11. The normalized spacial score (nSPS) is 17.4. The largest absolute Gasteiger partial charge is 0.378 e. The highest BCUT2D eigenvalue weighted by Crippen LogP contribution is 2.30. The summed E-state index contributed by atoms with van der Waals surface area (Å²) in [5.74, 6) is -2.14. The molecule has 0 bridgehead atoms. The Bertz CT molecular complexity index is 1120. The quantitative estimate of drug-likeness (QED) is 0.652. The number of halogens is 3. The molecule has 0 spiro atoms. The third-order valence-corrected chi connectivity index (χ3v) is 5.90. The molecule has 2 aromatic carbocycles. The average molecular weight is 444 g/mol. The Labute approximate surface area is 183 Å². The van der Waals surface area contributed by atoms with Crippen molar-refractivity contribution in [3.8, 4) is 5.69 Å². The van der Waals surface area contributed by atoms with Gasteiger partial charge in [-0.1, -0.05) is 0 Å². The lowest BCUT2D eigenvalue weighted by atomic mass is 10.1. The van der Waals surface area contributed by atoms with Gasteiger partial charge >= 0.3 is 0 Å². The zero-order valence-electron chi connectivity index (χ0n) is 17.6. The van der Waals surface area contributed by atoms with Gasteiger partial charge in [-0.05, 0) is 36.8 Å². The summed E-state index contributed by atoms with van der Waals surface area (Å²) in [4.78, 5) is 8.57. The smallest absolute Gasteiger partial charge is 0.247 e. The van der Waals surface area contributed by atoms with Gasteiger partial charge in [0.2, 0.25) is 5.95 Å². The fraction of sp³-hybridized carbons (Fsp3) is 0.364. The van der Waals surface area contributed by atoms with E-state index >= 15 is 4.39 Å². The number of ether oxygens (including phenoxy) is 1. The molecule has 0 aliphatic carbocycles. The SMILES string of the molecule is Cc1cc(Nc2ncn(-c3ccc(F)c(F)c3)n2)c(F)c(N2CCN(C3COC3)CC2)c1. The fourth-order valence-electron chi connectivity index (χ4n) is 4.03. The summed E-state index contributed by atoms with van der Waals surface area (Å²) in [6.45, 7) is 6.66. The fourth-order valence-corrected chi connectivity index (χ4v) is 4.03. The van der Waals surface area contributed by atoms with E-state index in [1.807, 2.05) is 13.0 Å². The molecule has 3 heterocycles. The molecule has 168 valence electrons. The van der Waals surface area contributed by atoms with E-state index in [0.717, 1.165) is 57.1 Å². The summed E-state index contributed by atoms with van der Waals surface area (Å²) in [5.41, 5.74) is 2.01. The van der Waals surface area contributed by atoms with E-state index in [2.05, 4.69) is 25.2 Å². The summed E-state index contributed by atoms with van der Waals surface area (Å²) in [7, 11) is 0. The Balaban J connectivity index is 1.33. The molecule has 0 atom stereocenters. The maximum absolute atomic E-state index is 15.4. The molecule has 0 amide bonds. The van der Waals surface area contributed by atoms with Gasteiger partial charge in [-0.3, -0.25) is 4.90 Å². The van der Waals surface area contributed by atoms with Gasteiger partial charge in [0.25, 0.3) is 0 Å². The minimum Gasteiger partial charge on any atom is -0.378 e. The number of nitrogens with zero attached hydrogens (tertiary/aromatic N) is 5. The van der Waals surface area contributed by atoms with Gasteiger partial charge in [-0.2, -0.15) is 4.98 Å². The molecule has 2 saturated heterocycles. The molecule has 3 aromatic rings. The van der Waals surface area contributed by atoms with E-state index in [9.17, 15) is 8.78 Å². The predicted octanol–water partition coefficient (Wildman–Crippen LogP) is 3.26. The number of rotatable bonds is 5. The van der Waals surface area contributed by atoms with Crippen LogP contribution < -0.4 is 10.2 Å². The molecule has 7 nitrogen and oxygen atoms in total. The van der Waals surface area contributed by atoms with Crippen LogP contribution in [0.3, 0.4) is 0 Å². The molecular weight excluding hydrogens is 421 g/mol. The van der Waals surface area contributed by atoms with Gasteiger partial charge in [0.05, 0.1) is 36.3 Å². The lowest BCUT2D eigenvalue weighted by molar-refractivity contribution is -0.0660. The standard InChI is InChI=1S/C22H23F3N6O/c1-14-8-19(27-22-26-13-31(28-22)15-2-3-17(23)18(24)10-15)21(25)20(9-14)30-6-4-29(5-7-30)16-11-32-12-16/h2-3,8-10,13,16H,4-7,11-12H2,1H3,(H,27,28). The molecule has 2 fully saturated rings. The van der Waals surface area contributed by atoms with Crippen molar-refractivity contribution in [3.63, 3.8) is 0 Å². The van der Waals surface area contributed by atoms with Crippen molar-refractivity contribution in [2.45, 2.75) is 13.0 Å². The van der Waals surface area contributed by atoms with Crippen LogP contribution in [-0.2, 0) is 4.74 Å². The van der Waals surface area contributed by atoms with Gasteiger partial charge in [-0.15, -0.1) is 5.10 Å². The first-order chi connectivity index (χ1) is 15.5. The molecule has 0 radical (unpaired) electrons. The molecule has 2 aliphatic heterocycles. The summed E-state index contributed by atoms with van der Waals surface area (Å²) in [5, 5.41) is 7.13. The topological polar surface area (TPSA) is 58.5 Å². The molecule has 2 aliphatic rings. The van der Waals surface area contributed by atoms with Crippen LogP contribution in [0.2, 0.25) is 0 Å². The van der Waals surface area contributed by atoms with Gasteiger partial charge in [0.1, 0.15) is 6.33 Å². The number of hydrogen-bond donors (Lipinski definition) is 1. The predicted molar refractivity (Wildman–Crippen MR) is 114 cm³/mol. The van der Waals surface area contributed by atoms with Crippen LogP contribution in [0.15, 0.2) is 36.7 Å². The van der Waals surface area contributed by atoms with Crippen molar-refractivity contribution in [3.05, 3.63) is 59.7 Å². The highest BCUT2D eigenvalue weighted by atomic mass is 19.2. The summed E-state index contributed by atoms with van der Waals surface area (Å²) < 4.78 is 48.7. The molecule has 5 rings (SSSR count). The number of benzene rings is 2. The first-order valence-corrected chi connectivity index (χ1v) is 10.5. The number of anilines is 3. The number of nitrogens with one attached hydrogen (secondary N) is 1. The molecule has 10 heteroatoms. The second-order valence-corrected chi connectivity index (χ2v) is 8.10. The van der Waals surface area contributed by atoms with Crippen molar-refractivity contribution in [1.29, 1.82) is 0 Å². The van der Waals surface area contributed by atoms with E-state index in [-0.39, 0.29) is 17.5 Å².